The number of amides is 1. The van der Waals surface area contributed by atoms with E-state index in [9.17, 15) is 9.59 Å². The Morgan fingerprint density at radius 1 is 1.56 bits per heavy atom. The number of rotatable bonds is 5. The minimum Gasteiger partial charge on any atom is -0.477 e. The van der Waals surface area contributed by atoms with Crippen LogP contribution in [0.1, 0.15) is 34.1 Å². The van der Waals surface area contributed by atoms with Crippen molar-refractivity contribution in [2.75, 3.05) is 6.54 Å². The molecule has 1 atom stereocenters. The zero-order valence-electron chi connectivity index (χ0n) is 11.2. The molecule has 0 bridgehead atoms. The van der Waals surface area contributed by atoms with Crippen LogP contribution in [0, 0.1) is 11.3 Å². The number of carboxylic acid groups (broad SMARTS) is 1. The van der Waals surface area contributed by atoms with Gasteiger partial charge < -0.3 is 15.3 Å². The molecular formula is C12H20N2O4. The highest BCUT2D eigenvalue weighted by Gasteiger charge is 2.32. The predicted molar refractivity (Wildman–Crippen MR) is 66.2 cm³/mol. The standard InChI is InChI=1S/C12H20N2O4/c1-7(2)12(3,4)6-13-10(15)9-5-8(11(16)17)14-18-9/h7,9H,5-6H2,1-4H3,(H,13,15)(H,16,17). The van der Waals surface area contributed by atoms with E-state index >= 15 is 0 Å². The van der Waals surface area contributed by atoms with E-state index in [0.29, 0.717) is 12.5 Å². The molecule has 1 aliphatic heterocycles. The van der Waals surface area contributed by atoms with Crippen molar-refractivity contribution in [3.05, 3.63) is 0 Å². The number of aliphatic carboxylic acids is 1. The van der Waals surface area contributed by atoms with E-state index in [0.717, 1.165) is 0 Å². The lowest BCUT2D eigenvalue weighted by Gasteiger charge is -2.29. The van der Waals surface area contributed by atoms with Gasteiger partial charge in [0.05, 0.1) is 0 Å². The predicted octanol–water partition coefficient (Wildman–Crippen LogP) is 1.01. The molecule has 0 radical (unpaired) electrons. The van der Waals surface area contributed by atoms with Crippen molar-refractivity contribution in [3.8, 4) is 0 Å². The quantitative estimate of drug-likeness (QED) is 0.768. The first-order valence-corrected chi connectivity index (χ1v) is 5.97. The Hall–Kier alpha value is -1.59. The van der Waals surface area contributed by atoms with Crippen molar-refractivity contribution < 1.29 is 19.5 Å². The molecule has 6 heteroatoms. The summed E-state index contributed by atoms with van der Waals surface area (Å²) in [6, 6.07) is 0. The SMILES string of the molecule is CC(C)C(C)(C)CNC(=O)C1CC(C(=O)O)=NO1. The van der Waals surface area contributed by atoms with Gasteiger partial charge in [-0.25, -0.2) is 4.79 Å². The van der Waals surface area contributed by atoms with Gasteiger partial charge in [-0.15, -0.1) is 0 Å². The molecule has 0 saturated heterocycles. The van der Waals surface area contributed by atoms with Crippen LogP contribution in [-0.4, -0.2) is 35.3 Å². The van der Waals surface area contributed by atoms with Gasteiger partial charge in [0.2, 0.25) is 6.10 Å². The summed E-state index contributed by atoms with van der Waals surface area (Å²) in [5, 5.41) is 14.9. The minimum absolute atomic E-state index is 0.0171. The number of carboxylic acids is 1. The molecule has 0 aromatic heterocycles. The van der Waals surface area contributed by atoms with Crippen LogP contribution in [0.25, 0.3) is 0 Å². The fraction of sp³-hybridized carbons (Fsp3) is 0.750. The second-order valence-electron chi connectivity index (χ2n) is 5.50. The molecule has 0 saturated carbocycles. The summed E-state index contributed by atoms with van der Waals surface area (Å²) < 4.78 is 0. The van der Waals surface area contributed by atoms with Gasteiger partial charge in [0.25, 0.3) is 5.91 Å². The van der Waals surface area contributed by atoms with Crippen LogP contribution in [0.15, 0.2) is 5.16 Å². The van der Waals surface area contributed by atoms with Gasteiger partial charge in [0.15, 0.2) is 5.71 Å². The molecule has 0 spiro atoms. The fourth-order valence-electron chi connectivity index (χ4n) is 1.28. The summed E-state index contributed by atoms with van der Waals surface area (Å²) in [4.78, 5) is 27.2. The molecule has 0 aromatic rings. The van der Waals surface area contributed by atoms with E-state index in [1.54, 1.807) is 0 Å². The number of hydrogen-bond donors (Lipinski definition) is 2. The van der Waals surface area contributed by atoms with Crippen molar-refractivity contribution in [1.82, 2.24) is 5.32 Å². The van der Waals surface area contributed by atoms with Crippen molar-refractivity contribution in [3.63, 3.8) is 0 Å². The molecule has 6 nitrogen and oxygen atoms in total. The Kier molecular flexibility index (Phi) is 4.32. The van der Waals surface area contributed by atoms with E-state index in [-0.39, 0.29) is 23.5 Å². The fourth-order valence-corrected chi connectivity index (χ4v) is 1.28. The third-order valence-electron chi connectivity index (χ3n) is 3.49. The summed E-state index contributed by atoms with van der Waals surface area (Å²) in [5.41, 5.74) is -0.136. The zero-order chi connectivity index (χ0) is 13.9. The van der Waals surface area contributed by atoms with Gasteiger partial charge in [-0.2, -0.15) is 0 Å². The van der Waals surface area contributed by atoms with Crippen LogP contribution >= 0.6 is 0 Å². The molecule has 1 rings (SSSR count). The van der Waals surface area contributed by atoms with Crippen LogP contribution in [0.2, 0.25) is 0 Å². The van der Waals surface area contributed by atoms with Crippen LogP contribution < -0.4 is 5.32 Å². The normalized spacial score (nSPS) is 19.4. The van der Waals surface area contributed by atoms with Crippen LogP contribution in [0.5, 0.6) is 0 Å². The number of oxime groups is 1. The first kappa shape index (κ1) is 14.5. The molecule has 102 valence electrons. The van der Waals surface area contributed by atoms with Gasteiger partial charge in [-0.3, -0.25) is 4.79 Å². The highest BCUT2D eigenvalue weighted by Crippen LogP contribution is 2.24. The molecule has 1 amide bonds. The molecule has 1 unspecified atom stereocenters. The van der Waals surface area contributed by atoms with Gasteiger partial charge in [0.1, 0.15) is 0 Å². The second-order valence-corrected chi connectivity index (χ2v) is 5.50. The third kappa shape index (κ3) is 3.45. The van der Waals surface area contributed by atoms with Crippen molar-refractivity contribution in [1.29, 1.82) is 0 Å². The summed E-state index contributed by atoms with van der Waals surface area (Å²) in [6.07, 6.45) is -0.803. The average Bonchev–Trinajstić information content (AvgIpc) is 2.75. The van der Waals surface area contributed by atoms with E-state index in [1.807, 2.05) is 0 Å². The summed E-state index contributed by atoms with van der Waals surface area (Å²) in [6.45, 7) is 8.82. The summed E-state index contributed by atoms with van der Waals surface area (Å²) in [5.74, 6) is -1.04. The van der Waals surface area contributed by atoms with Crippen LogP contribution in [0.4, 0.5) is 0 Å². The molecule has 2 N–H and O–H groups in total. The largest absolute Gasteiger partial charge is 0.477 e. The Morgan fingerprint density at radius 2 is 2.17 bits per heavy atom. The molecule has 0 aliphatic carbocycles. The van der Waals surface area contributed by atoms with Gasteiger partial charge in [-0.05, 0) is 11.3 Å². The molecule has 1 heterocycles. The summed E-state index contributed by atoms with van der Waals surface area (Å²) in [7, 11) is 0. The Balaban J connectivity index is 2.43. The second kappa shape index (κ2) is 5.37. The van der Waals surface area contributed by atoms with E-state index in [1.165, 1.54) is 0 Å². The summed E-state index contributed by atoms with van der Waals surface area (Å²) >= 11 is 0. The van der Waals surface area contributed by atoms with Crippen molar-refractivity contribution in [2.24, 2.45) is 16.5 Å². The maximum absolute atomic E-state index is 11.8. The van der Waals surface area contributed by atoms with E-state index in [4.69, 9.17) is 9.94 Å². The average molecular weight is 256 g/mol. The minimum atomic E-state index is -1.15. The molecule has 0 aromatic carbocycles. The lowest BCUT2D eigenvalue weighted by molar-refractivity contribution is -0.131. The lowest BCUT2D eigenvalue weighted by atomic mass is 9.81. The Morgan fingerprint density at radius 3 is 2.61 bits per heavy atom. The highest BCUT2D eigenvalue weighted by molar-refractivity contribution is 6.36. The number of hydrogen-bond acceptors (Lipinski definition) is 4. The molecule has 0 fully saturated rings. The Bertz CT molecular complexity index is 374. The lowest BCUT2D eigenvalue weighted by Crippen LogP contribution is -2.42. The van der Waals surface area contributed by atoms with Gasteiger partial charge in [-0.1, -0.05) is 32.9 Å². The molecule has 1 aliphatic rings. The topological polar surface area (TPSA) is 88.0 Å². The number of carbonyl (C=O) groups excluding carboxylic acids is 1. The van der Waals surface area contributed by atoms with Crippen molar-refractivity contribution in [2.45, 2.75) is 40.2 Å². The van der Waals surface area contributed by atoms with Crippen LogP contribution in [0.3, 0.4) is 0 Å². The van der Waals surface area contributed by atoms with Crippen LogP contribution in [-0.2, 0) is 14.4 Å². The first-order chi connectivity index (χ1) is 8.24. The third-order valence-corrected chi connectivity index (χ3v) is 3.49. The molecular weight excluding hydrogens is 236 g/mol. The maximum atomic E-state index is 11.8. The smallest absolute Gasteiger partial charge is 0.353 e. The van der Waals surface area contributed by atoms with E-state index in [2.05, 4.69) is 38.2 Å². The number of carbonyl (C=O) groups is 2. The van der Waals surface area contributed by atoms with E-state index < -0.39 is 12.1 Å². The van der Waals surface area contributed by atoms with Gasteiger partial charge >= 0.3 is 5.97 Å². The first-order valence-electron chi connectivity index (χ1n) is 5.97. The highest BCUT2D eigenvalue weighted by atomic mass is 16.6. The van der Waals surface area contributed by atoms with Gasteiger partial charge in [0, 0.05) is 13.0 Å². The Labute approximate surface area is 106 Å². The maximum Gasteiger partial charge on any atom is 0.353 e. The zero-order valence-corrected chi connectivity index (χ0v) is 11.2. The molecule has 18 heavy (non-hydrogen) atoms. The number of nitrogens with zero attached hydrogens (tertiary/aromatic N) is 1. The number of nitrogens with one attached hydrogen (secondary N) is 1. The van der Waals surface area contributed by atoms with Crippen molar-refractivity contribution >= 4 is 17.6 Å². The monoisotopic (exact) mass is 256 g/mol.